The highest BCUT2D eigenvalue weighted by atomic mass is 32.2. The summed E-state index contributed by atoms with van der Waals surface area (Å²) in [5.74, 6) is 0.574. The molecule has 1 fully saturated rings. The number of hydrogen-bond acceptors (Lipinski definition) is 3. The number of benzene rings is 1. The minimum absolute atomic E-state index is 0.289. The molecule has 0 radical (unpaired) electrons. The van der Waals surface area contributed by atoms with Crippen LogP contribution in [-0.2, 0) is 10.0 Å². The molecule has 1 heterocycles. The molecule has 0 amide bonds. The summed E-state index contributed by atoms with van der Waals surface area (Å²) in [5, 5.41) is 3.51. The van der Waals surface area contributed by atoms with E-state index in [1.165, 1.54) is 0 Å². The largest absolute Gasteiger partial charge is 0.316 e. The highest BCUT2D eigenvalue weighted by molar-refractivity contribution is 7.89. The predicted octanol–water partition coefficient (Wildman–Crippen LogP) is 2.72. The van der Waals surface area contributed by atoms with Gasteiger partial charge in [0.1, 0.15) is 0 Å². The van der Waals surface area contributed by atoms with Crippen molar-refractivity contribution in [3.63, 3.8) is 0 Å². The minimum atomic E-state index is -3.32. The highest BCUT2D eigenvalue weighted by Crippen LogP contribution is 2.23. The third-order valence-corrected chi connectivity index (χ3v) is 5.96. The summed E-state index contributed by atoms with van der Waals surface area (Å²) in [5.41, 5.74) is 0.289. The fourth-order valence-corrected chi connectivity index (χ4v) is 4.24. The van der Waals surface area contributed by atoms with Crippen molar-refractivity contribution >= 4 is 10.0 Å². The van der Waals surface area contributed by atoms with E-state index in [2.05, 4.69) is 26.1 Å². The summed E-state index contributed by atoms with van der Waals surface area (Å²) in [7, 11) is -3.32. The smallest absolute Gasteiger partial charge is 0.243 e. The molecular weight excluding hydrogens is 296 g/mol. The van der Waals surface area contributed by atoms with Gasteiger partial charge in [-0.2, -0.15) is 4.31 Å². The zero-order chi connectivity index (χ0) is 16.2. The molecule has 0 spiro atoms. The van der Waals surface area contributed by atoms with E-state index in [0.29, 0.717) is 23.9 Å². The van der Waals surface area contributed by atoms with E-state index in [1.54, 1.807) is 28.6 Å². The van der Waals surface area contributed by atoms with E-state index < -0.39 is 10.0 Å². The molecule has 1 N–H and O–H groups in total. The van der Waals surface area contributed by atoms with Crippen LogP contribution in [0.1, 0.15) is 33.6 Å². The summed E-state index contributed by atoms with van der Waals surface area (Å²) in [4.78, 5) is 0.402. The van der Waals surface area contributed by atoms with Crippen molar-refractivity contribution < 1.29 is 8.42 Å². The van der Waals surface area contributed by atoms with Crippen molar-refractivity contribution in [1.29, 1.82) is 0 Å². The molecule has 0 aliphatic carbocycles. The lowest BCUT2D eigenvalue weighted by Crippen LogP contribution is -2.41. The van der Waals surface area contributed by atoms with Crippen LogP contribution in [0, 0.1) is 11.3 Å². The Morgan fingerprint density at radius 2 is 1.73 bits per heavy atom. The molecule has 4 nitrogen and oxygen atoms in total. The Labute approximate surface area is 135 Å². The van der Waals surface area contributed by atoms with Crippen LogP contribution in [-0.4, -0.2) is 38.9 Å². The van der Waals surface area contributed by atoms with Crippen molar-refractivity contribution in [3.8, 4) is 0 Å². The first-order valence-electron chi connectivity index (χ1n) is 8.05. The Bertz CT molecular complexity index is 556. The molecule has 0 aromatic heterocycles. The lowest BCUT2D eigenvalue weighted by atomic mass is 9.95. The van der Waals surface area contributed by atoms with Gasteiger partial charge in [0, 0.05) is 13.1 Å². The van der Waals surface area contributed by atoms with Gasteiger partial charge >= 0.3 is 0 Å². The first-order chi connectivity index (χ1) is 10.3. The molecule has 0 atom stereocenters. The van der Waals surface area contributed by atoms with Crippen LogP contribution in [0.2, 0.25) is 0 Å². The summed E-state index contributed by atoms with van der Waals surface area (Å²) < 4.78 is 26.7. The molecule has 0 unspecified atom stereocenters. The lowest BCUT2D eigenvalue weighted by molar-refractivity contribution is 0.258. The average molecular weight is 324 g/mol. The van der Waals surface area contributed by atoms with Crippen molar-refractivity contribution in [3.05, 3.63) is 30.3 Å². The van der Waals surface area contributed by atoms with Gasteiger partial charge in [-0.25, -0.2) is 8.42 Å². The highest BCUT2D eigenvalue weighted by Gasteiger charge is 2.29. The summed E-state index contributed by atoms with van der Waals surface area (Å²) in [6.45, 7) is 9.88. The maximum atomic E-state index is 12.5. The molecule has 22 heavy (non-hydrogen) atoms. The molecule has 0 saturated carbocycles. The van der Waals surface area contributed by atoms with Crippen LogP contribution in [0.25, 0.3) is 0 Å². The second-order valence-electron chi connectivity index (χ2n) is 7.35. The number of piperidine rings is 1. The van der Waals surface area contributed by atoms with Crippen molar-refractivity contribution in [2.75, 3.05) is 26.2 Å². The predicted molar refractivity (Wildman–Crippen MR) is 90.2 cm³/mol. The Morgan fingerprint density at radius 3 is 2.27 bits per heavy atom. The SMILES string of the molecule is CC(C)(C)CNCC1CCN(S(=O)(=O)c2ccccc2)CC1. The molecule has 1 saturated heterocycles. The van der Waals surface area contributed by atoms with Crippen LogP contribution < -0.4 is 5.32 Å². The van der Waals surface area contributed by atoms with Crippen LogP contribution in [0.15, 0.2) is 35.2 Å². The van der Waals surface area contributed by atoms with Gasteiger partial charge in [0.15, 0.2) is 0 Å². The van der Waals surface area contributed by atoms with E-state index in [1.807, 2.05) is 6.07 Å². The molecule has 5 heteroatoms. The Kier molecular flexibility index (Phi) is 5.64. The molecule has 1 aromatic carbocycles. The second-order valence-corrected chi connectivity index (χ2v) is 9.29. The van der Waals surface area contributed by atoms with Crippen LogP contribution >= 0.6 is 0 Å². The van der Waals surface area contributed by atoms with E-state index in [0.717, 1.165) is 25.9 Å². The fourth-order valence-electron chi connectivity index (χ4n) is 2.75. The van der Waals surface area contributed by atoms with Gasteiger partial charge in [0.05, 0.1) is 4.90 Å². The number of hydrogen-bond donors (Lipinski definition) is 1. The van der Waals surface area contributed by atoms with E-state index in [4.69, 9.17) is 0 Å². The zero-order valence-corrected chi connectivity index (χ0v) is 14.7. The molecule has 124 valence electrons. The fraction of sp³-hybridized carbons (Fsp3) is 0.647. The van der Waals surface area contributed by atoms with Crippen molar-refractivity contribution in [1.82, 2.24) is 9.62 Å². The normalized spacial score (nSPS) is 18.5. The van der Waals surface area contributed by atoms with Gasteiger partial charge in [-0.1, -0.05) is 39.0 Å². The molecular formula is C17H28N2O2S. The molecule has 1 aromatic rings. The maximum absolute atomic E-state index is 12.5. The molecule has 2 rings (SSSR count). The van der Waals surface area contributed by atoms with E-state index in [-0.39, 0.29) is 5.41 Å². The van der Waals surface area contributed by atoms with Gasteiger partial charge in [-0.15, -0.1) is 0 Å². The molecule has 0 bridgehead atoms. The zero-order valence-electron chi connectivity index (χ0n) is 13.9. The summed E-state index contributed by atoms with van der Waals surface area (Å²) in [6, 6.07) is 8.73. The van der Waals surface area contributed by atoms with E-state index in [9.17, 15) is 8.42 Å². The summed E-state index contributed by atoms with van der Waals surface area (Å²) >= 11 is 0. The van der Waals surface area contributed by atoms with Crippen LogP contribution in [0.4, 0.5) is 0 Å². The van der Waals surface area contributed by atoms with Crippen LogP contribution in [0.5, 0.6) is 0 Å². The Morgan fingerprint density at radius 1 is 1.14 bits per heavy atom. The third-order valence-electron chi connectivity index (χ3n) is 4.04. The number of nitrogens with zero attached hydrogens (tertiary/aromatic N) is 1. The first kappa shape index (κ1) is 17.4. The first-order valence-corrected chi connectivity index (χ1v) is 9.49. The lowest BCUT2D eigenvalue weighted by Gasteiger charge is -2.32. The quantitative estimate of drug-likeness (QED) is 0.906. The average Bonchev–Trinajstić information content (AvgIpc) is 2.47. The van der Waals surface area contributed by atoms with Crippen LogP contribution in [0.3, 0.4) is 0 Å². The van der Waals surface area contributed by atoms with Gasteiger partial charge in [0.25, 0.3) is 0 Å². The van der Waals surface area contributed by atoms with Gasteiger partial charge in [0.2, 0.25) is 10.0 Å². The summed E-state index contributed by atoms with van der Waals surface area (Å²) in [6.07, 6.45) is 1.87. The van der Waals surface area contributed by atoms with Crippen molar-refractivity contribution in [2.24, 2.45) is 11.3 Å². The van der Waals surface area contributed by atoms with Gasteiger partial charge < -0.3 is 5.32 Å². The molecule has 1 aliphatic heterocycles. The van der Waals surface area contributed by atoms with E-state index >= 15 is 0 Å². The number of rotatable bonds is 5. The third kappa shape index (κ3) is 4.80. The Balaban J connectivity index is 1.85. The van der Waals surface area contributed by atoms with Gasteiger partial charge in [-0.3, -0.25) is 0 Å². The topological polar surface area (TPSA) is 49.4 Å². The monoisotopic (exact) mass is 324 g/mol. The maximum Gasteiger partial charge on any atom is 0.243 e. The van der Waals surface area contributed by atoms with Crippen molar-refractivity contribution in [2.45, 2.75) is 38.5 Å². The standard InChI is InChI=1S/C17H28N2O2S/c1-17(2,3)14-18-13-15-9-11-19(12-10-15)22(20,21)16-7-5-4-6-8-16/h4-8,15,18H,9-14H2,1-3H3. The number of sulfonamides is 1. The molecule has 1 aliphatic rings. The van der Waals surface area contributed by atoms with Gasteiger partial charge in [-0.05, 0) is 49.4 Å². The number of nitrogens with one attached hydrogen (secondary N) is 1. The second kappa shape index (κ2) is 7.11. The Hall–Kier alpha value is -0.910. The minimum Gasteiger partial charge on any atom is -0.316 e.